The van der Waals surface area contributed by atoms with Crippen molar-refractivity contribution in [1.29, 1.82) is 0 Å². The largest absolute Gasteiger partial charge is 0.481 e. The van der Waals surface area contributed by atoms with Crippen LogP contribution in [-0.2, 0) is 11.3 Å². The van der Waals surface area contributed by atoms with Crippen LogP contribution in [0.4, 0.5) is 0 Å². The standard InChI is InChI=1S/C20H22N2O2/c23-20(24)19-9-15-8-16(17-5-1-2-6-18(17)19)13-22(12-15)11-14-4-3-7-21-10-14/h1-7,10,15-16,19H,8-9,11-13H2,(H,23,24)/t15-,16-,19?/m1/s1. The van der Waals surface area contributed by atoms with E-state index < -0.39 is 5.97 Å². The fraction of sp³-hybridized carbons (Fsp3) is 0.400. The minimum absolute atomic E-state index is 0.366. The van der Waals surface area contributed by atoms with E-state index in [4.69, 9.17) is 0 Å². The quantitative estimate of drug-likeness (QED) is 0.942. The molecular weight excluding hydrogens is 300 g/mol. The second kappa shape index (κ2) is 6.36. The molecule has 1 aliphatic carbocycles. The van der Waals surface area contributed by atoms with Gasteiger partial charge in [0.15, 0.2) is 0 Å². The molecule has 4 rings (SSSR count). The van der Waals surface area contributed by atoms with Crippen LogP contribution in [0.1, 0.15) is 41.4 Å². The molecule has 24 heavy (non-hydrogen) atoms. The lowest BCUT2D eigenvalue weighted by atomic mass is 9.85. The fourth-order valence-electron chi connectivity index (χ4n) is 4.47. The summed E-state index contributed by atoms with van der Waals surface area (Å²) in [5.41, 5.74) is 3.49. The van der Waals surface area contributed by atoms with Crippen LogP contribution >= 0.6 is 0 Å². The maximum Gasteiger partial charge on any atom is 0.310 e. The predicted molar refractivity (Wildman–Crippen MR) is 91.8 cm³/mol. The molecular formula is C20H22N2O2. The summed E-state index contributed by atoms with van der Waals surface area (Å²) in [6.45, 7) is 2.86. The van der Waals surface area contributed by atoms with Gasteiger partial charge in [-0.1, -0.05) is 30.3 Å². The van der Waals surface area contributed by atoms with Crippen molar-refractivity contribution in [2.75, 3.05) is 13.1 Å². The van der Waals surface area contributed by atoms with Crippen LogP contribution in [0, 0.1) is 5.92 Å². The van der Waals surface area contributed by atoms with Gasteiger partial charge in [0, 0.05) is 32.0 Å². The highest BCUT2D eigenvalue weighted by atomic mass is 16.4. The van der Waals surface area contributed by atoms with Crippen molar-refractivity contribution in [2.45, 2.75) is 31.2 Å². The number of fused-ring (bicyclic) bond motifs is 4. The van der Waals surface area contributed by atoms with Gasteiger partial charge in [-0.2, -0.15) is 0 Å². The first kappa shape index (κ1) is 15.3. The highest BCUT2D eigenvalue weighted by Crippen LogP contribution is 2.43. The second-order valence-electron chi connectivity index (χ2n) is 7.11. The monoisotopic (exact) mass is 322 g/mol. The average Bonchev–Trinajstić information content (AvgIpc) is 2.71. The third-order valence-corrected chi connectivity index (χ3v) is 5.42. The summed E-state index contributed by atoms with van der Waals surface area (Å²) in [6, 6.07) is 12.2. The summed E-state index contributed by atoms with van der Waals surface area (Å²) in [5.74, 6) is -0.182. The van der Waals surface area contributed by atoms with Crippen LogP contribution in [0.2, 0.25) is 0 Å². The molecule has 0 amide bonds. The van der Waals surface area contributed by atoms with E-state index in [1.54, 1.807) is 6.20 Å². The van der Waals surface area contributed by atoms with Gasteiger partial charge in [-0.3, -0.25) is 14.7 Å². The number of aliphatic carboxylic acids is 1. The maximum atomic E-state index is 11.8. The number of hydrogen-bond donors (Lipinski definition) is 1. The highest BCUT2D eigenvalue weighted by Gasteiger charge is 2.37. The first-order chi connectivity index (χ1) is 11.7. The summed E-state index contributed by atoms with van der Waals surface area (Å²) in [6.07, 6.45) is 5.57. The third-order valence-electron chi connectivity index (χ3n) is 5.42. The SMILES string of the molecule is O=C(O)C1C[C@H]2C[C@H](CN(Cc3cccnc3)C2)c2ccccc21. The number of hydrogen-bond acceptors (Lipinski definition) is 3. The number of benzene rings is 1. The molecule has 1 aliphatic heterocycles. The lowest BCUT2D eigenvalue weighted by Crippen LogP contribution is -2.38. The summed E-state index contributed by atoms with van der Waals surface area (Å²) in [4.78, 5) is 18.5. The Morgan fingerprint density at radius 3 is 2.71 bits per heavy atom. The molecule has 0 spiro atoms. The number of carboxylic acid groups (broad SMARTS) is 1. The molecule has 2 aromatic rings. The molecule has 0 saturated carbocycles. The van der Waals surface area contributed by atoms with E-state index >= 15 is 0 Å². The number of aromatic nitrogens is 1. The van der Waals surface area contributed by atoms with Crippen LogP contribution < -0.4 is 0 Å². The first-order valence-electron chi connectivity index (χ1n) is 8.63. The molecule has 1 fully saturated rings. The van der Waals surface area contributed by atoms with Gasteiger partial charge in [0.25, 0.3) is 0 Å². The minimum atomic E-state index is -0.686. The number of nitrogens with zero attached hydrogens (tertiary/aromatic N) is 2. The number of likely N-dealkylation sites (tertiary alicyclic amines) is 1. The predicted octanol–water partition coefficient (Wildman–Crippen LogP) is 3.26. The molecule has 3 atom stereocenters. The second-order valence-corrected chi connectivity index (χ2v) is 7.11. The van der Waals surface area contributed by atoms with Crippen molar-refractivity contribution in [3.8, 4) is 0 Å². The Bertz CT molecular complexity index is 731. The van der Waals surface area contributed by atoms with Crippen LogP contribution in [0.15, 0.2) is 48.8 Å². The van der Waals surface area contributed by atoms with Gasteiger partial charge in [0.2, 0.25) is 0 Å². The smallest absolute Gasteiger partial charge is 0.310 e. The Morgan fingerprint density at radius 2 is 1.96 bits per heavy atom. The van der Waals surface area contributed by atoms with Gasteiger partial charge in [0.05, 0.1) is 5.92 Å². The Hall–Kier alpha value is -2.20. The number of carboxylic acids is 1. The Kier molecular flexibility index (Phi) is 4.07. The van der Waals surface area contributed by atoms with E-state index in [0.29, 0.717) is 11.8 Å². The van der Waals surface area contributed by atoms with Crippen LogP contribution in [0.3, 0.4) is 0 Å². The number of rotatable bonds is 3. The Balaban J connectivity index is 1.63. The number of pyridine rings is 1. The van der Waals surface area contributed by atoms with Crippen molar-refractivity contribution in [1.82, 2.24) is 9.88 Å². The minimum Gasteiger partial charge on any atom is -0.481 e. The lowest BCUT2D eigenvalue weighted by Gasteiger charge is -2.37. The van der Waals surface area contributed by atoms with Gasteiger partial charge < -0.3 is 5.11 Å². The topological polar surface area (TPSA) is 53.4 Å². The molecule has 1 aromatic heterocycles. The zero-order chi connectivity index (χ0) is 16.5. The van der Waals surface area contributed by atoms with Crippen molar-refractivity contribution in [2.24, 2.45) is 5.92 Å². The van der Waals surface area contributed by atoms with Gasteiger partial charge in [-0.25, -0.2) is 0 Å². The third kappa shape index (κ3) is 2.94. The molecule has 124 valence electrons. The molecule has 4 heteroatoms. The molecule has 1 unspecified atom stereocenters. The van der Waals surface area contributed by atoms with E-state index in [0.717, 1.165) is 38.0 Å². The first-order valence-corrected chi connectivity index (χ1v) is 8.63. The molecule has 0 radical (unpaired) electrons. The molecule has 2 aliphatic rings. The molecule has 2 heterocycles. The van der Waals surface area contributed by atoms with Crippen LogP contribution in [0.25, 0.3) is 0 Å². The lowest BCUT2D eigenvalue weighted by molar-refractivity contribution is -0.139. The van der Waals surface area contributed by atoms with Crippen molar-refractivity contribution in [3.05, 3.63) is 65.5 Å². The van der Waals surface area contributed by atoms with Crippen molar-refractivity contribution in [3.63, 3.8) is 0 Å². The van der Waals surface area contributed by atoms with Gasteiger partial charge in [-0.05, 0) is 47.4 Å². The molecule has 2 bridgehead atoms. The van der Waals surface area contributed by atoms with Gasteiger partial charge in [-0.15, -0.1) is 0 Å². The van der Waals surface area contributed by atoms with Crippen molar-refractivity contribution >= 4 is 5.97 Å². The van der Waals surface area contributed by atoms with E-state index in [1.807, 2.05) is 30.5 Å². The van der Waals surface area contributed by atoms with Crippen molar-refractivity contribution < 1.29 is 9.90 Å². The van der Waals surface area contributed by atoms with Gasteiger partial charge in [0.1, 0.15) is 0 Å². The summed E-state index contributed by atoms with van der Waals surface area (Å²) >= 11 is 0. The maximum absolute atomic E-state index is 11.8. The zero-order valence-electron chi connectivity index (χ0n) is 13.6. The normalized spacial score (nSPS) is 26.4. The Labute approximate surface area is 142 Å². The summed E-state index contributed by atoms with van der Waals surface area (Å²) in [7, 11) is 0. The summed E-state index contributed by atoms with van der Waals surface area (Å²) in [5, 5.41) is 9.71. The summed E-state index contributed by atoms with van der Waals surface area (Å²) < 4.78 is 0. The van der Waals surface area contributed by atoms with E-state index in [9.17, 15) is 9.90 Å². The van der Waals surface area contributed by atoms with Crippen LogP contribution in [-0.4, -0.2) is 34.0 Å². The zero-order valence-corrected chi connectivity index (χ0v) is 13.6. The number of piperidine rings is 1. The molecule has 4 nitrogen and oxygen atoms in total. The van der Waals surface area contributed by atoms with E-state index in [1.165, 1.54) is 11.1 Å². The average molecular weight is 322 g/mol. The Morgan fingerprint density at radius 1 is 1.12 bits per heavy atom. The molecule has 1 saturated heterocycles. The number of carbonyl (C=O) groups is 1. The molecule has 1 N–H and O–H groups in total. The fourth-order valence-corrected chi connectivity index (χ4v) is 4.47. The van der Waals surface area contributed by atoms with E-state index in [-0.39, 0.29) is 5.92 Å². The molecule has 1 aromatic carbocycles. The highest BCUT2D eigenvalue weighted by molar-refractivity contribution is 5.77. The van der Waals surface area contributed by atoms with E-state index in [2.05, 4.69) is 22.0 Å². The van der Waals surface area contributed by atoms with Crippen LogP contribution in [0.5, 0.6) is 0 Å². The van der Waals surface area contributed by atoms with Gasteiger partial charge >= 0.3 is 5.97 Å².